The van der Waals surface area contributed by atoms with Crippen LogP contribution in [0.2, 0.25) is 0 Å². The monoisotopic (exact) mass is 362 g/mol. The van der Waals surface area contributed by atoms with E-state index in [0.29, 0.717) is 26.3 Å². The Morgan fingerprint density at radius 3 is 2.92 bits per heavy atom. The van der Waals surface area contributed by atoms with Crippen LogP contribution in [0, 0.1) is 5.92 Å². The van der Waals surface area contributed by atoms with E-state index in [1.54, 1.807) is 0 Å². The van der Waals surface area contributed by atoms with E-state index >= 15 is 0 Å². The SMILES string of the molecule is O=C(Nc1ccccc1)C1CCCN(CC(O)COCC2CCCO2)C1. The molecule has 2 aliphatic heterocycles. The molecule has 2 fully saturated rings. The van der Waals surface area contributed by atoms with E-state index in [0.717, 1.165) is 44.5 Å². The predicted octanol–water partition coefficient (Wildman–Crippen LogP) is 1.89. The van der Waals surface area contributed by atoms with E-state index in [1.807, 2.05) is 30.3 Å². The standard InChI is InChI=1S/C20H30N2O4/c23-18(14-25-15-19-9-5-11-26-19)13-22-10-4-6-16(12-22)20(24)21-17-7-2-1-3-8-17/h1-3,7-8,16,18-19,23H,4-6,9-15H2,(H,21,24). The molecular weight excluding hydrogens is 332 g/mol. The van der Waals surface area contributed by atoms with Crippen molar-refractivity contribution in [1.29, 1.82) is 0 Å². The lowest BCUT2D eigenvalue weighted by molar-refractivity contribution is -0.121. The summed E-state index contributed by atoms with van der Waals surface area (Å²) in [7, 11) is 0. The number of hydrogen-bond acceptors (Lipinski definition) is 5. The van der Waals surface area contributed by atoms with Crippen molar-refractivity contribution < 1.29 is 19.4 Å². The fourth-order valence-corrected chi connectivity index (χ4v) is 3.66. The average Bonchev–Trinajstić information content (AvgIpc) is 3.16. The highest BCUT2D eigenvalue weighted by molar-refractivity contribution is 5.92. The van der Waals surface area contributed by atoms with Gasteiger partial charge in [0.15, 0.2) is 0 Å². The minimum atomic E-state index is -0.535. The summed E-state index contributed by atoms with van der Waals surface area (Å²) in [6, 6.07) is 9.55. The Bertz CT molecular complexity index is 548. The first-order valence-electron chi connectivity index (χ1n) is 9.66. The third-order valence-corrected chi connectivity index (χ3v) is 5.02. The lowest BCUT2D eigenvalue weighted by Gasteiger charge is -2.33. The molecule has 0 bridgehead atoms. The number of hydrogen-bond donors (Lipinski definition) is 2. The van der Waals surface area contributed by atoms with Crippen LogP contribution in [-0.4, -0.2) is 67.6 Å². The topological polar surface area (TPSA) is 71.0 Å². The van der Waals surface area contributed by atoms with E-state index in [2.05, 4.69) is 10.2 Å². The summed E-state index contributed by atoms with van der Waals surface area (Å²) in [6.07, 6.45) is 3.64. The smallest absolute Gasteiger partial charge is 0.228 e. The first-order valence-corrected chi connectivity index (χ1v) is 9.66. The molecule has 6 heteroatoms. The molecule has 1 aromatic rings. The van der Waals surface area contributed by atoms with Gasteiger partial charge in [-0.15, -0.1) is 0 Å². The second-order valence-corrected chi connectivity index (χ2v) is 7.28. The number of amides is 1. The molecule has 0 radical (unpaired) electrons. The molecule has 0 aliphatic carbocycles. The summed E-state index contributed by atoms with van der Waals surface area (Å²) in [5.41, 5.74) is 0.831. The molecule has 3 rings (SSSR count). The minimum absolute atomic E-state index is 0.0380. The van der Waals surface area contributed by atoms with Crippen LogP contribution in [0.25, 0.3) is 0 Å². The number of ether oxygens (including phenoxy) is 2. The molecule has 2 heterocycles. The van der Waals surface area contributed by atoms with Gasteiger partial charge in [0.25, 0.3) is 0 Å². The van der Waals surface area contributed by atoms with Crippen LogP contribution in [0.4, 0.5) is 5.69 Å². The van der Waals surface area contributed by atoms with Gasteiger partial charge in [0.1, 0.15) is 0 Å². The Labute approximate surface area is 155 Å². The van der Waals surface area contributed by atoms with Gasteiger partial charge in [-0.2, -0.15) is 0 Å². The average molecular weight is 362 g/mol. The first kappa shape index (κ1) is 19.3. The van der Waals surface area contributed by atoms with Gasteiger partial charge in [-0.1, -0.05) is 18.2 Å². The molecule has 2 aliphatic rings. The van der Waals surface area contributed by atoms with Crippen molar-refractivity contribution in [2.75, 3.05) is 44.8 Å². The number of nitrogens with one attached hydrogen (secondary N) is 1. The fraction of sp³-hybridized carbons (Fsp3) is 0.650. The lowest BCUT2D eigenvalue weighted by atomic mass is 9.96. The number of β-amino-alcohol motifs (C(OH)–C–C–N with tert-alkyl or cyclic N) is 1. The van der Waals surface area contributed by atoms with Crippen molar-refractivity contribution in [2.24, 2.45) is 5.92 Å². The van der Waals surface area contributed by atoms with Gasteiger partial charge in [-0.25, -0.2) is 0 Å². The Balaban J connectivity index is 1.37. The summed E-state index contributed by atoms with van der Waals surface area (Å²) in [4.78, 5) is 14.6. The Kier molecular flexibility index (Phi) is 7.43. The van der Waals surface area contributed by atoms with E-state index in [9.17, 15) is 9.90 Å². The molecule has 0 saturated carbocycles. The molecule has 26 heavy (non-hydrogen) atoms. The number of benzene rings is 1. The maximum absolute atomic E-state index is 12.5. The highest BCUT2D eigenvalue weighted by Gasteiger charge is 2.27. The molecular formula is C20H30N2O4. The zero-order valence-corrected chi connectivity index (χ0v) is 15.3. The molecule has 1 amide bonds. The second-order valence-electron chi connectivity index (χ2n) is 7.28. The molecule has 2 N–H and O–H groups in total. The van der Waals surface area contributed by atoms with Crippen LogP contribution in [0.15, 0.2) is 30.3 Å². The molecule has 6 nitrogen and oxygen atoms in total. The van der Waals surface area contributed by atoms with Crippen LogP contribution in [-0.2, 0) is 14.3 Å². The van der Waals surface area contributed by atoms with E-state index in [1.165, 1.54) is 0 Å². The van der Waals surface area contributed by atoms with Gasteiger partial charge >= 0.3 is 0 Å². The van der Waals surface area contributed by atoms with Crippen molar-refractivity contribution in [1.82, 2.24) is 4.90 Å². The van der Waals surface area contributed by atoms with Crippen molar-refractivity contribution in [3.63, 3.8) is 0 Å². The number of carbonyl (C=O) groups is 1. The highest BCUT2D eigenvalue weighted by atomic mass is 16.5. The number of aliphatic hydroxyl groups is 1. The Morgan fingerprint density at radius 2 is 2.15 bits per heavy atom. The molecule has 1 aromatic carbocycles. The van der Waals surface area contributed by atoms with Crippen LogP contribution in [0.3, 0.4) is 0 Å². The van der Waals surface area contributed by atoms with Gasteiger partial charge in [0.05, 0.1) is 31.3 Å². The number of rotatable bonds is 8. The Hall–Kier alpha value is -1.47. The number of nitrogens with zero attached hydrogens (tertiary/aromatic N) is 1. The molecule has 144 valence electrons. The molecule has 0 aromatic heterocycles. The van der Waals surface area contributed by atoms with Crippen LogP contribution in [0.5, 0.6) is 0 Å². The zero-order valence-electron chi connectivity index (χ0n) is 15.3. The van der Waals surface area contributed by atoms with Crippen LogP contribution in [0.1, 0.15) is 25.7 Å². The second kappa shape index (κ2) is 10.0. The quantitative estimate of drug-likeness (QED) is 0.739. The summed E-state index contributed by atoms with van der Waals surface area (Å²) in [6.45, 7) is 3.83. The number of aliphatic hydroxyl groups excluding tert-OH is 1. The zero-order chi connectivity index (χ0) is 18.2. The largest absolute Gasteiger partial charge is 0.389 e. The predicted molar refractivity (Wildman–Crippen MR) is 100 cm³/mol. The molecule has 2 saturated heterocycles. The van der Waals surface area contributed by atoms with E-state index in [4.69, 9.17) is 9.47 Å². The maximum Gasteiger partial charge on any atom is 0.228 e. The van der Waals surface area contributed by atoms with Crippen molar-refractivity contribution in [2.45, 2.75) is 37.9 Å². The number of piperidine rings is 1. The van der Waals surface area contributed by atoms with Crippen molar-refractivity contribution >= 4 is 11.6 Å². The summed E-state index contributed by atoms with van der Waals surface area (Å²) in [5.74, 6) is 0.0222. The Morgan fingerprint density at radius 1 is 1.31 bits per heavy atom. The van der Waals surface area contributed by atoms with E-state index in [-0.39, 0.29) is 17.9 Å². The summed E-state index contributed by atoms with van der Waals surface area (Å²) < 4.78 is 11.1. The van der Waals surface area contributed by atoms with E-state index < -0.39 is 6.10 Å². The molecule has 3 unspecified atom stereocenters. The molecule has 0 spiro atoms. The molecule has 3 atom stereocenters. The lowest BCUT2D eigenvalue weighted by Crippen LogP contribution is -2.44. The normalized spacial score (nSPS) is 25.1. The third kappa shape index (κ3) is 6.06. The minimum Gasteiger partial charge on any atom is -0.389 e. The van der Waals surface area contributed by atoms with Crippen molar-refractivity contribution in [3.8, 4) is 0 Å². The summed E-state index contributed by atoms with van der Waals surface area (Å²) in [5, 5.41) is 13.2. The van der Waals surface area contributed by atoms with Gasteiger partial charge in [0, 0.05) is 25.4 Å². The first-order chi connectivity index (χ1) is 12.7. The number of likely N-dealkylation sites (tertiary alicyclic amines) is 1. The number of para-hydroxylation sites is 1. The summed E-state index contributed by atoms with van der Waals surface area (Å²) >= 11 is 0. The third-order valence-electron chi connectivity index (χ3n) is 5.02. The highest BCUT2D eigenvalue weighted by Crippen LogP contribution is 2.19. The van der Waals surface area contributed by atoms with Crippen molar-refractivity contribution in [3.05, 3.63) is 30.3 Å². The number of carbonyl (C=O) groups excluding carboxylic acids is 1. The van der Waals surface area contributed by atoms with Crippen LogP contribution >= 0.6 is 0 Å². The maximum atomic E-state index is 12.5. The van der Waals surface area contributed by atoms with Gasteiger partial charge in [0.2, 0.25) is 5.91 Å². The number of anilines is 1. The van der Waals surface area contributed by atoms with Gasteiger partial charge in [-0.05, 0) is 44.4 Å². The van der Waals surface area contributed by atoms with Crippen LogP contribution < -0.4 is 5.32 Å². The van der Waals surface area contributed by atoms with Gasteiger partial charge < -0.3 is 19.9 Å². The van der Waals surface area contributed by atoms with Gasteiger partial charge in [-0.3, -0.25) is 9.69 Å². The fourth-order valence-electron chi connectivity index (χ4n) is 3.66.